The van der Waals surface area contributed by atoms with Gasteiger partial charge in [0.1, 0.15) is 25.5 Å². The third-order valence-corrected chi connectivity index (χ3v) is 5.07. The normalized spacial score (nSPS) is 11.0. The number of ether oxygens (including phenoxy) is 2. The second kappa shape index (κ2) is 10.9. The molecule has 4 aromatic rings. The summed E-state index contributed by atoms with van der Waals surface area (Å²) in [6.07, 6.45) is 3.73. The van der Waals surface area contributed by atoms with Gasteiger partial charge in [-0.2, -0.15) is 10.2 Å². The second-order valence-corrected chi connectivity index (χ2v) is 7.51. The number of nitro groups is 1. The van der Waals surface area contributed by atoms with Crippen LogP contribution in [0.5, 0.6) is 11.5 Å². The van der Waals surface area contributed by atoms with Crippen molar-refractivity contribution in [1.29, 1.82) is 0 Å². The molecule has 0 aliphatic heterocycles. The summed E-state index contributed by atoms with van der Waals surface area (Å²) in [4.78, 5) is 22.1. The highest BCUT2D eigenvalue weighted by Gasteiger charge is 2.11. The molecule has 0 atom stereocenters. The maximum Gasteiger partial charge on any atom is 0.307 e. The number of nitrogens with zero attached hydrogens (tertiary/aromatic N) is 4. The molecule has 10 nitrogen and oxygen atoms in total. The third-order valence-electron chi connectivity index (χ3n) is 5.07. The first-order valence-electron chi connectivity index (χ1n) is 10.9. The van der Waals surface area contributed by atoms with Crippen molar-refractivity contribution in [2.45, 2.75) is 20.1 Å². The monoisotopic (exact) mass is 473 g/mol. The van der Waals surface area contributed by atoms with E-state index in [2.05, 4.69) is 33.8 Å². The van der Waals surface area contributed by atoms with Gasteiger partial charge in [-0.25, -0.2) is 5.43 Å². The van der Waals surface area contributed by atoms with E-state index < -0.39 is 10.8 Å². The van der Waals surface area contributed by atoms with E-state index in [1.54, 1.807) is 18.2 Å². The molecule has 3 aromatic carbocycles. The Labute approximate surface area is 200 Å². The molecule has 0 saturated carbocycles. The Bertz CT molecular complexity index is 1380. The molecule has 0 aliphatic carbocycles. The molecule has 1 N–H and O–H groups in total. The Morgan fingerprint density at radius 2 is 1.97 bits per heavy atom. The lowest BCUT2D eigenvalue weighted by molar-refractivity contribution is -0.385. The van der Waals surface area contributed by atoms with Crippen molar-refractivity contribution in [1.82, 2.24) is 15.2 Å². The lowest BCUT2D eigenvalue weighted by Crippen LogP contribution is -2.23. The maximum absolute atomic E-state index is 12.0. The topological polar surface area (TPSA) is 121 Å². The molecule has 1 heterocycles. The van der Waals surface area contributed by atoms with E-state index in [1.165, 1.54) is 12.4 Å². The van der Waals surface area contributed by atoms with Gasteiger partial charge < -0.3 is 9.47 Å². The molecule has 0 fully saturated rings. The molecular weight excluding hydrogens is 450 g/mol. The number of hydrogen-bond donors (Lipinski definition) is 1. The van der Waals surface area contributed by atoms with Gasteiger partial charge in [-0.15, -0.1) is 0 Å². The van der Waals surface area contributed by atoms with Gasteiger partial charge in [-0.1, -0.05) is 42.5 Å². The van der Waals surface area contributed by atoms with Crippen LogP contribution in [0.25, 0.3) is 10.8 Å². The Hall–Kier alpha value is -4.73. The van der Waals surface area contributed by atoms with Crippen molar-refractivity contribution < 1.29 is 19.2 Å². The molecule has 4 rings (SSSR count). The average Bonchev–Trinajstić information content (AvgIpc) is 3.32. The van der Waals surface area contributed by atoms with Crippen LogP contribution < -0.4 is 14.9 Å². The zero-order valence-corrected chi connectivity index (χ0v) is 19.0. The molecule has 1 amide bonds. The number of nitrogens with one attached hydrogen (secondary N) is 1. The van der Waals surface area contributed by atoms with Crippen LogP contribution in [-0.4, -0.2) is 33.4 Å². The SMILES string of the molecule is CCOc1cc(/C=N/NC(=O)Cn2cc([N+](=O)[O-])cn2)ccc1OCc1cccc2ccccc12. The Morgan fingerprint density at radius 1 is 1.14 bits per heavy atom. The zero-order valence-electron chi connectivity index (χ0n) is 19.0. The highest BCUT2D eigenvalue weighted by Crippen LogP contribution is 2.30. The van der Waals surface area contributed by atoms with Crippen LogP contribution in [0.2, 0.25) is 0 Å². The van der Waals surface area contributed by atoms with E-state index in [0.29, 0.717) is 30.3 Å². The first-order valence-corrected chi connectivity index (χ1v) is 10.9. The Morgan fingerprint density at radius 3 is 2.77 bits per heavy atom. The third kappa shape index (κ3) is 5.99. The fourth-order valence-corrected chi connectivity index (χ4v) is 3.46. The zero-order chi connectivity index (χ0) is 24.6. The largest absolute Gasteiger partial charge is 0.490 e. The van der Waals surface area contributed by atoms with Crippen LogP contribution >= 0.6 is 0 Å². The Kier molecular flexibility index (Phi) is 7.31. The van der Waals surface area contributed by atoms with Crippen molar-refractivity contribution >= 4 is 28.6 Å². The molecule has 1 aromatic heterocycles. The predicted octanol–water partition coefficient (Wildman–Crippen LogP) is 4.07. The summed E-state index contributed by atoms with van der Waals surface area (Å²) in [6.45, 7) is 2.53. The molecule has 178 valence electrons. The van der Waals surface area contributed by atoms with Gasteiger partial charge in [-0.3, -0.25) is 19.6 Å². The lowest BCUT2D eigenvalue weighted by Gasteiger charge is -2.13. The first-order chi connectivity index (χ1) is 17.0. The van der Waals surface area contributed by atoms with Crippen LogP contribution in [0.15, 0.2) is 78.2 Å². The number of fused-ring (bicyclic) bond motifs is 1. The predicted molar refractivity (Wildman–Crippen MR) is 131 cm³/mol. The quantitative estimate of drug-likeness (QED) is 0.211. The summed E-state index contributed by atoms with van der Waals surface area (Å²) >= 11 is 0. The number of hydrogen-bond acceptors (Lipinski definition) is 7. The fourth-order valence-electron chi connectivity index (χ4n) is 3.46. The molecule has 0 saturated heterocycles. The number of aromatic nitrogens is 2. The van der Waals surface area contributed by atoms with E-state index in [1.807, 2.05) is 31.2 Å². The summed E-state index contributed by atoms with van der Waals surface area (Å²) in [5, 5.41) is 20.7. The van der Waals surface area contributed by atoms with Gasteiger partial charge in [0.05, 0.1) is 17.7 Å². The number of carbonyl (C=O) groups excluding carboxylic acids is 1. The van der Waals surface area contributed by atoms with Gasteiger partial charge in [-0.05, 0) is 47.0 Å². The summed E-state index contributed by atoms with van der Waals surface area (Å²) in [7, 11) is 0. The highest BCUT2D eigenvalue weighted by atomic mass is 16.6. The van der Waals surface area contributed by atoms with Crippen LogP contribution in [0, 0.1) is 10.1 Å². The molecule has 0 unspecified atom stereocenters. The number of amides is 1. The second-order valence-electron chi connectivity index (χ2n) is 7.51. The molecule has 0 radical (unpaired) electrons. The van der Waals surface area contributed by atoms with Gasteiger partial charge in [0.2, 0.25) is 0 Å². The van der Waals surface area contributed by atoms with Crippen molar-refractivity contribution in [3.8, 4) is 11.5 Å². The summed E-state index contributed by atoms with van der Waals surface area (Å²) in [5.41, 5.74) is 3.95. The van der Waals surface area contributed by atoms with Gasteiger partial charge in [0.15, 0.2) is 11.5 Å². The summed E-state index contributed by atoms with van der Waals surface area (Å²) < 4.78 is 13.0. The lowest BCUT2D eigenvalue weighted by atomic mass is 10.1. The molecular formula is C25H23N5O5. The number of benzene rings is 3. The average molecular weight is 473 g/mol. The number of rotatable bonds is 10. The van der Waals surface area contributed by atoms with Gasteiger partial charge in [0, 0.05) is 0 Å². The van der Waals surface area contributed by atoms with E-state index in [4.69, 9.17) is 9.47 Å². The van der Waals surface area contributed by atoms with E-state index in [-0.39, 0.29) is 12.2 Å². The van der Waals surface area contributed by atoms with Crippen LogP contribution in [0.3, 0.4) is 0 Å². The Balaban J connectivity index is 1.39. The standard InChI is InChI=1S/C25H23N5O5/c1-2-34-24-12-18(13-26-28-25(31)16-29-15-21(14-27-29)30(32)33)10-11-23(24)35-17-20-8-5-7-19-6-3-4-9-22(19)20/h3-15H,2,16-17H2,1H3,(H,28,31)/b26-13+. The van der Waals surface area contributed by atoms with Crippen LogP contribution in [-0.2, 0) is 17.9 Å². The minimum atomic E-state index is -0.578. The molecule has 35 heavy (non-hydrogen) atoms. The molecule has 10 heteroatoms. The van der Waals surface area contributed by atoms with E-state index in [9.17, 15) is 14.9 Å². The van der Waals surface area contributed by atoms with Crippen LogP contribution in [0.1, 0.15) is 18.1 Å². The van der Waals surface area contributed by atoms with E-state index in [0.717, 1.165) is 27.2 Å². The molecule has 0 bridgehead atoms. The maximum atomic E-state index is 12.0. The summed E-state index contributed by atoms with van der Waals surface area (Å²) in [6, 6.07) is 19.6. The van der Waals surface area contributed by atoms with Gasteiger partial charge >= 0.3 is 5.69 Å². The van der Waals surface area contributed by atoms with Crippen molar-refractivity contribution in [2.24, 2.45) is 5.10 Å². The molecule has 0 aliphatic rings. The van der Waals surface area contributed by atoms with Crippen molar-refractivity contribution in [3.05, 3.63) is 94.3 Å². The minimum Gasteiger partial charge on any atom is -0.490 e. The minimum absolute atomic E-state index is 0.187. The smallest absolute Gasteiger partial charge is 0.307 e. The number of carbonyl (C=O) groups is 1. The van der Waals surface area contributed by atoms with Gasteiger partial charge in [0.25, 0.3) is 5.91 Å². The molecule has 0 spiro atoms. The summed E-state index contributed by atoms with van der Waals surface area (Å²) in [5.74, 6) is 0.687. The van der Waals surface area contributed by atoms with E-state index >= 15 is 0 Å². The van der Waals surface area contributed by atoms with Crippen molar-refractivity contribution in [3.63, 3.8) is 0 Å². The van der Waals surface area contributed by atoms with Crippen molar-refractivity contribution in [2.75, 3.05) is 6.61 Å². The number of hydrazone groups is 1. The fraction of sp³-hybridized carbons (Fsp3) is 0.160. The highest BCUT2D eigenvalue weighted by molar-refractivity contribution is 5.85. The first kappa shape index (κ1) is 23.4. The van der Waals surface area contributed by atoms with Crippen LogP contribution in [0.4, 0.5) is 5.69 Å².